The van der Waals surface area contributed by atoms with Gasteiger partial charge in [-0.15, -0.1) is 0 Å². The largest absolute Gasteiger partial charge is 0.375 e. The topological polar surface area (TPSA) is 67.0 Å². The van der Waals surface area contributed by atoms with Crippen LogP contribution in [0, 0.1) is 0 Å². The zero-order chi connectivity index (χ0) is 14.5. The van der Waals surface area contributed by atoms with Crippen molar-refractivity contribution in [2.75, 3.05) is 6.61 Å². The average molecular weight is 289 g/mol. The van der Waals surface area contributed by atoms with Crippen molar-refractivity contribution in [1.29, 1.82) is 0 Å². The number of H-pyrrole nitrogens is 1. The molecule has 1 aliphatic carbocycles. The monoisotopic (exact) mass is 289 g/mol. The summed E-state index contributed by atoms with van der Waals surface area (Å²) >= 11 is 0. The van der Waals surface area contributed by atoms with Gasteiger partial charge < -0.3 is 10.1 Å². The van der Waals surface area contributed by atoms with E-state index in [9.17, 15) is 4.79 Å². The Morgan fingerprint density at radius 1 is 1.43 bits per heavy atom. The smallest absolute Gasteiger partial charge is 0.244 e. The third-order valence-electron chi connectivity index (χ3n) is 4.55. The van der Waals surface area contributed by atoms with E-state index in [2.05, 4.69) is 15.5 Å². The Hall–Kier alpha value is -1.62. The zero-order valence-corrected chi connectivity index (χ0v) is 12.3. The van der Waals surface area contributed by atoms with Crippen LogP contribution in [0.1, 0.15) is 50.5 Å². The second-order valence-electron chi connectivity index (χ2n) is 6.16. The van der Waals surface area contributed by atoms with E-state index in [0.29, 0.717) is 0 Å². The van der Waals surface area contributed by atoms with Crippen LogP contribution in [-0.2, 0) is 9.53 Å². The van der Waals surface area contributed by atoms with Crippen molar-refractivity contribution in [3.63, 3.8) is 0 Å². The number of nitrogens with one attached hydrogen (secondary N) is 2. The summed E-state index contributed by atoms with van der Waals surface area (Å²) in [4.78, 5) is 12.0. The Kier molecular flexibility index (Phi) is 4.39. The molecule has 1 saturated carbocycles. The molecule has 1 spiro atoms. The van der Waals surface area contributed by atoms with E-state index in [1.807, 2.05) is 0 Å². The minimum Gasteiger partial charge on any atom is -0.375 e. The Labute approximate surface area is 125 Å². The summed E-state index contributed by atoms with van der Waals surface area (Å²) in [5, 5.41) is 9.69. The standard InChI is InChI=1S/C16H23N3O2/c20-15(5-4-13-11-17-18-12-13)19-14-6-9-21-16(10-14)7-2-1-3-8-16/h4-5,11-12,14H,1-3,6-10H2,(H,17,18)(H,19,20). The van der Waals surface area contributed by atoms with Crippen LogP contribution in [0.3, 0.4) is 0 Å². The molecule has 0 radical (unpaired) electrons. The highest BCUT2D eigenvalue weighted by molar-refractivity contribution is 5.91. The SMILES string of the molecule is O=C(C=Cc1cn[nH]c1)NC1CCOC2(CCCCC2)C1. The molecule has 2 aliphatic rings. The fraction of sp³-hybridized carbons (Fsp3) is 0.625. The van der Waals surface area contributed by atoms with Crippen LogP contribution in [0.4, 0.5) is 0 Å². The minimum atomic E-state index is -0.0333. The number of carbonyl (C=O) groups excluding carboxylic acids is 1. The van der Waals surface area contributed by atoms with Crippen LogP contribution in [-0.4, -0.2) is 34.4 Å². The van der Waals surface area contributed by atoms with E-state index < -0.39 is 0 Å². The summed E-state index contributed by atoms with van der Waals surface area (Å²) in [5.41, 5.74) is 0.934. The lowest BCUT2D eigenvalue weighted by molar-refractivity contribution is -0.124. The normalized spacial score (nSPS) is 25.2. The molecule has 21 heavy (non-hydrogen) atoms. The lowest BCUT2D eigenvalue weighted by atomic mass is 9.78. The molecule has 1 aromatic heterocycles. The number of aromatic nitrogens is 2. The molecule has 1 amide bonds. The molecule has 1 saturated heterocycles. The predicted octanol–water partition coefficient (Wildman–Crippen LogP) is 2.42. The lowest BCUT2D eigenvalue weighted by Gasteiger charge is -2.43. The van der Waals surface area contributed by atoms with Crippen molar-refractivity contribution < 1.29 is 9.53 Å². The fourth-order valence-electron chi connectivity index (χ4n) is 3.47. The van der Waals surface area contributed by atoms with Gasteiger partial charge in [-0.25, -0.2) is 0 Å². The van der Waals surface area contributed by atoms with E-state index >= 15 is 0 Å². The molecular formula is C16H23N3O2. The molecule has 1 aromatic rings. The van der Waals surface area contributed by atoms with Gasteiger partial charge in [-0.3, -0.25) is 9.89 Å². The van der Waals surface area contributed by atoms with Gasteiger partial charge in [-0.05, 0) is 31.8 Å². The molecule has 1 unspecified atom stereocenters. The van der Waals surface area contributed by atoms with E-state index in [4.69, 9.17) is 4.74 Å². The molecular weight excluding hydrogens is 266 g/mol. The Morgan fingerprint density at radius 2 is 2.29 bits per heavy atom. The van der Waals surface area contributed by atoms with Gasteiger partial charge in [0.25, 0.3) is 0 Å². The molecule has 5 nitrogen and oxygen atoms in total. The maximum Gasteiger partial charge on any atom is 0.244 e. The second kappa shape index (κ2) is 6.43. The van der Waals surface area contributed by atoms with E-state index in [0.717, 1.165) is 37.9 Å². The first-order valence-electron chi connectivity index (χ1n) is 7.87. The third-order valence-corrected chi connectivity index (χ3v) is 4.55. The molecule has 0 bridgehead atoms. The van der Waals surface area contributed by atoms with E-state index in [1.54, 1.807) is 24.5 Å². The maximum atomic E-state index is 12.0. The number of carbonyl (C=O) groups is 1. The Balaban J connectivity index is 1.53. The molecule has 2 fully saturated rings. The second-order valence-corrected chi connectivity index (χ2v) is 6.16. The van der Waals surface area contributed by atoms with Gasteiger partial charge in [0.1, 0.15) is 0 Å². The molecule has 2 heterocycles. The Morgan fingerprint density at radius 3 is 3.05 bits per heavy atom. The summed E-state index contributed by atoms with van der Waals surface area (Å²) in [5.74, 6) is -0.0333. The minimum absolute atomic E-state index is 0.0305. The van der Waals surface area contributed by atoms with E-state index in [1.165, 1.54) is 19.3 Å². The van der Waals surface area contributed by atoms with Gasteiger partial charge >= 0.3 is 0 Å². The molecule has 114 valence electrons. The summed E-state index contributed by atoms with van der Waals surface area (Å²) in [7, 11) is 0. The highest BCUT2D eigenvalue weighted by atomic mass is 16.5. The van der Waals surface area contributed by atoms with Gasteiger partial charge in [0.2, 0.25) is 5.91 Å². The number of amides is 1. The van der Waals surface area contributed by atoms with Crippen LogP contribution in [0.25, 0.3) is 6.08 Å². The average Bonchev–Trinajstić information content (AvgIpc) is 2.99. The molecule has 1 aliphatic heterocycles. The van der Waals surface area contributed by atoms with E-state index in [-0.39, 0.29) is 17.6 Å². The van der Waals surface area contributed by atoms with Crippen molar-refractivity contribution in [3.05, 3.63) is 24.0 Å². The van der Waals surface area contributed by atoms with Crippen LogP contribution in [0.15, 0.2) is 18.5 Å². The summed E-state index contributed by atoms with van der Waals surface area (Å²) in [6, 6.07) is 0.235. The summed E-state index contributed by atoms with van der Waals surface area (Å²) in [6.07, 6.45) is 14.8. The molecule has 2 N–H and O–H groups in total. The molecule has 1 atom stereocenters. The number of rotatable bonds is 3. The van der Waals surface area contributed by atoms with Crippen molar-refractivity contribution in [3.8, 4) is 0 Å². The molecule has 0 aromatic carbocycles. The predicted molar refractivity (Wildman–Crippen MR) is 80.6 cm³/mol. The highest BCUT2D eigenvalue weighted by Gasteiger charge is 2.38. The van der Waals surface area contributed by atoms with Gasteiger partial charge in [0.05, 0.1) is 11.8 Å². The van der Waals surface area contributed by atoms with Gasteiger partial charge in [0.15, 0.2) is 0 Å². The van der Waals surface area contributed by atoms with Gasteiger partial charge in [-0.2, -0.15) is 5.10 Å². The van der Waals surface area contributed by atoms with Crippen LogP contribution >= 0.6 is 0 Å². The first kappa shape index (κ1) is 14.3. The van der Waals surface area contributed by atoms with Crippen molar-refractivity contribution in [2.24, 2.45) is 0 Å². The van der Waals surface area contributed by atoms with Crippen molar-refractivity contribution in [1.82, 2.24) is 15.5 Å². The lowest BCUT2D eigenvalue weighted by Crippen LogP contribution is -2.49. The highest BCUT2D eigenvalue weighted by Crippen LogP contribution is 2.38. The van der Waals surface area contributed by atoms with Gasteiger partial charge in [-0.1, -0.05) is 19.3 Å². The van der Waals surface area contributed by atoms with Crippen LogP contribution in [0.2, 0.25) is 0 Å². The van der Waals surface area contributed by atoms with Crippen LogP contribution < -0.4 is 5.32 Å². The fourth-order valence-corrected chi connectivity index (χ4v) is 3.47. The maximum absolute atomic E-state index is 12.0. The summed E-state index contributed by atoms with van der Waals surface area (Å²) in [6.45, 7) is 0.760. The molecule has 5 heteroatoms. The number of ether oxygens (including phenoxy) is 1. The number of hydrogen-bond acceptors (Lipinski definition) is 3. The molecule has 3 rings (SSSR count). The third kappa shape index (κ3) is 3.73. The number of nitrogens with zero attached hydrogens (tertiary/aromatic N) is 1. The Bertz CT molecular complexity index is 484. The first-order chi connectivity index (χ1) is 10.3. The first-order valence-corrected chi connectivity index (χ1v) is 7.87. The summed E-state index contributed by atoms with van der Waals surface area (Å²) < 4.78 is 6.06. The number of aromatic amines is 1. The zero-order valence-electron chi connectivity index (χ0n) is 12.3. The number of hydrogen-bond donors (Lipinski definition) is 2. The van der Waals surface area contributed by atoms with Gasteiger partial charge in [0, 0.05) is 30.5 Å². The van der Waals surface area contributed by atoms with Crippen molar-refractivity contribution in [2.45, 2.75) is 56.6 Å². The van der Waals surface area contributed by atoms with Crippen LogP contribution in [0.5, 0.6) is 0 Å². The van der Waals surface area contributed by atoms with Crippen molar-refractivity contribution >= 4 is 12.0 Å². The quantitative estimate of drug-likeness (QED) is 0.840.